The van der Waals surface area contributed by atoms with E-state index in [1.54, 1.807) is 12.1 Å². The average molecular weight is 450 g/mol. The van der Waals surface area contributed by atoms with Crippen LogP contribution in [0.1, 0.15) is 44.2 Å². The van der Waals surface area contributed by atoms with Crippen LogP contribution in [0.2, 0.25) is 0 Å². The number of sulfonamides is 1. The Hall–Kier alpha value is -2.85. The lowest BCUT2D eigenvalue weighted by Crippen LogP contribution is -2.41. The third-order valence-corrected chi connectivity index (χ3v) is 7.01. The van der Waals surface area contributed by atoms with E-state index in [4.69, 9.17) is 0 Å². The van der Waals surface area contributed by atoms with Gasteiger partial charge in [0.1, 0.15) is 5.82 Å². The Morgan fingerprint density at radius 1 is 1.13 bits per heavy atom. The number of hydrogen-bond acceptors (Lipinski definition) is 5. The summed E-state index contributed by atoms with van der Waals surface area (Å²) in [6.45, 7) is 1.82. The SMILES string of the molecule is C[C@@H](NC(=O)[C@H]1CC[C@H](NS(=O)(=O)c2cccc([N+](=O)[O-])c2)CC1)c1ccc(F)cc1. The van der Waals surface area contributed by atoms with Gasteiger partial charge in [0, 0.05) is 24.1 Å². The third kappa shape index (κ3) is 5.86. The minimum Gasteiger partial charge on any atom is -0.349 e. The van der Waals surface area contributed by atoms with Crippen LogP contribution in [0.5, 0.6) is 0 Å². The molecule has 2 N–H and O–H groups in total. The first kappa shape index (κ1) is 22.8. The number of nitrogens with zero attached hydrogens (tertiary/aromatic N) is 1. The average Bonchev–Trinajstić information content (AvgIpc) is 2.74. The molecule has 0 spiro atoms. The number of carbonyl (C=O) groups is 1. The highest BCUT2D eigenvalue weighted by molar-refractivity contribution is 7.89. The molecule has 0 saturated heterocycles. The molecular formula is C21H24FN3O5S. The van der Waals surface area contributed by atoms with Gasteiger partial charge in [0.15, 0.2) is 0 Å². The van der Waals surface area contributed by atoms with Crippen molar-refractivity contribution in [3.63, 3.8) is 0 Å². The Bertz CT molecular complexity index is 1050. The molecule has 1 amide bonds. The van der Waals surface area contributed by atoms with Crippen LogP contribution >= 0.6 is 0 Å². The normalized spacial score (nSPS) is 20.1. The summed E-state index contributed by atoms with van der Waals surface area (Å²) in [5.41, 5.74) is 0.506. The number of nitro groups is 1. The number of rotatable bonds is 7. The van der Waals surface area contributed by atoms with Crippen molar-refractivity contribution in [1.82, 2.24) is 10.0 Å². The van der Waals surface area contributed by atoms with Gasteiger partial charge >= 0.3 is 0 Å². The second kappa shape index (κ2) is 9.52. The fourth-order valence-corrected chi connectivity index (χ4v) is 5.04. The van der Waals surface area contributed by atoms with Crippen molar-refractivity contribution in [2.45, 2.75) is 49.6 Å². The fourth-order valence-electron chi connectivity index (χ4n) is 3.69. The summed E-state index contributed by atoms with van der Waals surface area (Å²) in [7, 11) is -3.90. The fraction of sp³-hybridized carbons (Fsp3) is 0.381. The van der Waals surface area contributed by atoms with E-state index in [1.807, 2.05) is 6.92 Å². The molecule has 8 nitrogen and oxygen atoms in total. The van der Waals surface area contributed by atoms with Crippen LogP contribution < -0.4 is 10.0 Å². The van der Waals surface area contributed by atoms with Crippen molar-refractivity contribution in [3.8, 4) is 0 Å². The first-order valence-corrected chi connectivity index (χ1v) is 11.5. The van der Waals surface area contributed by atoms with E-state index < -0.39 is 14.9 Å². The maximum atomic E-state index is 13.1. The standard InChI is InChI=1S/C21H24FN3O5S/c1-14(15-5-9-17(22)10-6-15)23-21(26)16-7-11-18(12-8-16)24-31(29,30)20-4-2-3-19(13-20)25(27)28/h2-6,9-10,13-14,16,18,24H,7-8,11-12H2,1H3,(H,23,26)/t14-,16-,18-/m1/s1. The summed E-state index contributed by atoms with van der Waals surface area (Å²) < 4.78 is 40.8. The highest BCUT2D eigenvalue weighted by Crippen LogP contribution is 2.27. The zero-order valence-electron chi connectivity index (χ0n) is 17.0. The molecule has 1 fully saturated rings. The molecule has 0 aromatic heterocycles. The van der Waals surface area contributed by atoms with Crippen molar-refractivity contribution in [1.29, 1.82) is 0 Å². The number of halogens is 1. The van der Waals surface area contributed by atoms with E-state index in [-0.39, 0.29) is 40.3 Å². The molecule has 166 valence electrons. The summed E-state index contributed by atoms with van der Waals surface area (Å²) in [5.74, 6) is -0.688. The zero-order valence-corrected chi connectivity index (χ0v) is 17.8. The molecule has 1 aliphatic rings. The zero-order chi connectivity index (χ0) is 22.6. The summed E-state index contributed by atoms with van der Waals surface area (Å²) in [4.78, 5) is 22.7. The smallest absolute Gasteiger partial charge is 0.270 e. The predicted molar refractivity (Wildman–Crippen MR) is 112 cm³/mol. The number of benzene rings is 2. The van der Waals surface area contributed by atoms with Gasteiger partial charge in [0.2, 0.25) is 15.9 Å². The Balaban J connectivity index is 1.54. The van der Waals surface area contributed by atoms with E-state index in [0.29, 0.717) is 25.7 Å². The minimum absolute atomic E-state index is 0.114. The lowest BCUT2D eigenvalue weighted by molar-refractivity contribution is -0.385. The number of carbonyl (C=O) groups excluding carboxylic acids is 1. The van der Waals surface area contributed by atoms with Gasteiger partial charge in [-0.2, -0.15) is 0 Å². The molecule has 0 heterocycles. The number of nitro benzene ring substituents is 1. The van der Waals surface area contributed by atoms with Crippen molar-refractivity contribution in [2.24, 2.45) is 5.92 Å². The lowest BCUT2D eigenvalue weighted by Gasteiger charge is -2.29. The number of hydrogen-bond donors (Lipinski definition) is 2. The van der Waals surface area contributed by atoms with Crippen LogP contribution in [0.25, 0.3) is 0 Å². The lowest BCUT2D eigenvalue weighted by atomic mass is 9.85. The molecule has 0 unspecified atom stereocenters. The molecule has 1 saturated carbocycles. The molecule has 1 atom stereocenters. The Kier molecular flexibility index (Phi) is 7.01. The van der Waals surface area contributed by atoms with E-state index in [9.17, 15) is 27.7 Å². The predicted octanol–water partition coefficient (Wildman–Crippen LogP) is 3.45. The number of nitrogens with one attached hydrogen (secondary N) is 2. The number of amides is 1. The maximum Gasteiger partial charge on any atom is 0.270 e. The van der Waals surface area contributed by atoms with Gasteiger partial charge in [0.05, 0.1) is 15.9 Å². The van der Waals surface area contributed by atoms with Crippen molar-refractivity contribution < 1.29 is 22.5 Å². The molecule has 31 heavy (non-hydrogen) atoms. The molecule has 10 heteroatoms. The first-order chi connectivity index (χ1) is 14.7. The summed E-state index contributed by atoms with van der Waals surface area (Å²) in [6.07, 6.45) is 2.00. The molecule has 2 aromatic carbocycles. The molecular weight excluding hydrogens is 425 g/mol. The third-order valence-electron chi connectivity index (χ3n) is 5.49. The van der Waals surface area contributed by atoms with Crippen LogP contribution in [0.4, 0.5) is 10.1 Å². The highest BCUT2D eigenvalue weighted by atomic mass is 32.2. The Morgan fingerprint density at radius 3 is 2.39 bits per heavy atom. The van der Waals surface area contributed by atoms with Gasteiger partial charge < -0.3 is 5.32 Å². The second-order valence-electron chi connectivity index (χ2n) is 7.71. The molecule has 0 bridgehead atoms. The minimum atomic E-state index is -3.90. The Labute approximate surface area is 180 Å². The largest absolute Gasteiger partial charge is 0.349 e. The molecule has 1 aliphatic carbocycles. The first-order valence-electron chi connectivity index (χ1n) is 9.98. The van der Waals surface area contributed by atoms with Gasteiger partial charge in [0.25, 0.3) is 5.69 Å². The van der Waals surface area contributed by atoms with Crippen molar-refractivity contribution in [2.75, 3.05) is 0 Å². The Morgan fingerprint density at radius 2 is 1.77 bits per heavy atom. The number of non-ortho nitro benzene ring substituents is 1. The summed E-state index contributed by atoms with van der Waals surface area (Å²) >= 11 is 0. The van der Waals surface area contributed by atoms with Crippen LogP contribution in [-0.2, 0) is 14.8 Å². The van der Waals surface area contributed by atoms with Gasteiger partial charge in [-0.05, 0) is 56.4 Å². The van der Waals surface area contributed by atoms with Gasteiger partial charge in [-0.25, -0.2) is 17.5 Å². The second-order valence-corrected chi connectivity index (χ2v) is 9.42. The van der Waals surface area contributed by atoms with Crippen LogP contribution in [0.15, 0.2) is 53.4 Å². The summed E-state index contributed by atoms with van der Waals surface area (Å²) in [5, 5.41) is 13.8. The molecule has 2 aromatic rings. The van der Waals surface area contributed by atoms with Crippen LogP contribution in [-0.4, -0.2) is 25.3 Å². The summed E-state index contributed by atoms with van der Waals surface area (Å²) in [6, 6.07) is 10.2. The quantitative estimate of drug-likeness (QED) is 0.496. The monoisotopic (exact) mass is 449 g/mol. The molecule has 0 radical (unpaired) electrons. The van der Waals surface area contributed by atoms with Crippen LogP contribution in [0, 0.1) is 21.8 Å². The van der Waals surface area contributed by atoms with E-state index in [0.717, 1.165) is 11.6 Å². The van der Waals surface area contributed by atoms with E-state index in [1.165, 1.54) is 30.3 Å². The van der Waals surface area contributed by atoms with Gasteiger partial charge in [-0.1, -0.05) is 18.2 Å². The van der Waals surface area contributed by atoms with Crippen molar-refractivity contribution >= 4 is 21.6 Å². The maximum absolute atomic E-state index is 13.1. The topological polar surface area (TPSA) is 118 Å². The van der Waals surface area contributed by atoms with E-state index in [2.05, 4.69) is 10.0 Å². The molecule has 3 rings (SSSR count). The van der Waals surface area contributed by atoms with Gasteiger partial charge in [-0.3, -0.25) is 14.9 Å². The van der Waals surface area contributed by atoms with Crippen molar-refractivity contribution in [3.05, 3.63) is 70.0 Å². The molecule has 0 aliphatic heterocycles. The van der Waals surface area contributed by atoms with E-state index >= 15 is 0 Å². The van der Waals surface area contributed by atoms with Gasteiger partial charge in [-0.15, -0.1) is 0 Å². The van der Waals surface area contributed by atoms with Crippen LogP contribution in [0.3, 0.4) is 0 Å². The highest BCUT2D eigenvalue weighted by Gasteiger charge is 2.30.